The summed E-state index contributed by atoms with van der Waals surface area (Å²) in [6.45, 7) is 2.89. The van der Waals surface area contributed by atoms with Crippen molar-refractivity contribution in [2.45, 2.75) is 19.8 Å². The minimum Gasteiger partial charge on any atom is -0.497 e. The van der Waals surface area contributed by atoms with Crippen LogP contribution in [0.5, 0.6) is 5.75 Å². The molecule has 16 heavy (non-hydrogen) atoms. The van der Waals surface area contributed by atoms with E-state index in [0.717, 1.165) is 37.2 Å². The average molecular weight is 222 g/mol. The highest BCUT2D eigenvalue weighted by Crippen LogP contribution is 2.18. The number of unbranched alkanes of at least 4 members (excludes halogenated alkanes) is 1. The Hall–Kier alpha value is -1.55. The molecule has 0 aliphatic heterocycles. The molecule has 0 saturated heterocycles. The molecule has 1 rings (SSSR count). The number of carbonyl (C=O) groups excluding carboxylic acids is 1. The van der Waals surface area contributed by atoms with E-state index >= 15 is 0 Å². The lowest BCUT2D eigenvalue weighted by atomic mass is 10.3. The quantitative estimate of drug-likeness (QED) is 0.435. The number of methoxy groups -OCH3 is 1. The number of rotatable bonds is 7. The zero-order valence-corrected chi connectivity index (χ0v) is 9.77. The third-order valence-corrected chi connectivity index (χ3v) is 2.25. The third-order valence-electron chi connectivity index (χ3n) is 2.25. The first kappa shape index (κ1) is 12.5. The number of benzene rings is 1. The van der Waals surface area contributed by atoms with Crippen LogP contribution >= 0.6 is 0 Å². The SMILES string of the molecule is CCCCNN(C=O)c1cccc(OC)c1. The first-order chi connectivity index (χ1) is 7.81. The Kier molecular flexibility index (Phi) is 5.36. The summed E-state index contributed by atoms with van der Waals surface area (Å²) in [6, 6.07) is 7.37. The highest BCUT2D eigenvalue weighted by atomic mass is 16.5. The molecule has 4 nitrogen and oxygen atoms in total. The largest absolute Gasteiger partial charge is 0.497 e. The van der Waals surface area contributed by atoms with E-state index in [4.69, 9.17) is 4.74 Å². The Balaban J connectivity index is 2.66. The lowest BCUT2D eigenvalue weighted by molar-refractivity contribution is -0.108. The molecule has 0 heterocycles. The summed E-state index contributed by atoms with van der Waals surface area (Å²) in [5.74, 6) is 0.738. The molecule has 0 atom stereocenters. The van der Waals surface area contributed by atoms with Crippen molar-refractivity contribution < 1.29 is 9.53 Å². The second kappa shape index (κ2) is 6.85. The lowest BCUT2D eigenvalue weighted by Crippen LogP contribution is -2.37. The summed E-state index contributed by atoms with van der Waals surface area (Å²) in [5.41, 5.74) is 3.83. The van der Waals surface area contributed by atoms with Gasteiger partial charge in [0.1, 0.15) is 5.75 Å². The molecule has 0 radical (unpaired) electrons. The van der Waals surface area contributed by atoms with Crippen LogP contribution in [0.4, 0.5) is 5.69 Å². The van der Waals surface area contributed by atoms with Gasteiger partial charge in [0.05, 0.1) is 12.8 Å². The normalized spacial score (nSPS) is 9.88. The van der Waals surface area contributed by atoms with Crippen molar-refractivity contribution in [1.29, 1.82) is 0 Å². The summed E-state index contributed by atoms with van der Waals surface area (Å²) in [5, 5.41) is 1.47. The maximum Gasteiger partial charge on any atom is 0.228 e. The molecule has 0 bridgehead atoms. The minimum atomic E-state index is 0.738. The molecule has 88 valence electrons. The molecule has 0 aromatic heterocycles. The highest BCUT2D eigenvalue weighted by molar-refractivity contribution is 5.74. The molecule has 0 saturated carbocycles. The molecule has 1 N–H and O–H groups in total. The third kappa shape index (κ3) is 3.55. The van der Waals surface area contributed by atoms with Gasteiger partial charge in [-0.3, -0.25) is 4.79 Å². The van der Waals surface area contributed by atoms with E-state index in [9.17, 15) is 4.79 Å². The average Bonchev–Trinajstić information content (AvgIpc) is 2.35. The van der Waals surface area contributed by atoms with E-state index in [1.54, 1.807) is 7.11 Å². The molecule has 0 aliphatic carbocycles. The second-order valence-electron chi connectivity index (χ2n) is 3.44. The van der Waals surface area contributed by atoms with Crippen molar-refractivity contribution in [2.24, 2.45) is 0 Å². The van der Waals surface area contributed by atoms with E-state index in [0.29, 0.717) is 0 Å². The van der Waals surface area contributed by atoms with Crippen molar-refractivity contribution in [3.05, 3.63) is 24.3 Å². The van der Waals surface area contributed by atoms with Crippen LogP contribution in [0.15, 0.2) is 24.3 Å². The fourth-order valence-electron chi connectivity index (χ4n) is 1.33. The number of nitrogens with one attached hydrogen (secondary N) is 1. The zero-order chi connectivity index (χ0) is 11.8. The molecular weight excluding hydrogens is 204 g/mol. The van der Waals surface area contributed by atoms with Gasteiger partial charge in [0.2, 0.25) is 6.41 Å². The Morgan fingerprint density at radius 3 is 2.94 bits per heavy atom. The fraction of sp³-hybridized carbons (Fsp3) is 0.417. The Bertz CT molecular complexity index is 329. The number of hydrogen-bond donors (Lipinski definition) is 1. The Morgan fingerprint density at radius 1 is 1.50 bits per heavy atom. The van der Waals surface area contributed by atoms with Gasteiger partial charge >= 0.3 is 0 Å². The number of amides is 1. The van der Waals surface area contributed by atoms with Gasteiger partial charge in [-0.2, -0.15) is 0 Å². The summed E-state index contributed by atoms with van der Waals surface area (Å²) >= 11 is 0. The number of ether oxygens (including phenoxy) is 1. The predicted octanol–water partition coefficient (Wildman–Crippen LogP) is 1.96. The summed E-state index contributed by atoms with van der Waals surface area (Å²) in [6.07, 6.45) is 2.90. The van der Waals surface area contributed by atoms with Crippen molar-refractivity contribution in [3.63, 3.8) is 0 Å². The van der Waals surface area contributed by atoms with Crippen LogP contribution < -0.4 is 15.2 Å². The molecule has 0 fully saturated rings. The van der Waals surface area contributed by atoms with Gasteiger partial charge in [0.15, 0.2) is 0 Å². The van der Waals surface area contributed by atoms with Gasteiger partial charge in [0, 0.05) is 12.6 Å². The lowest BCUT2D eigenvalue weighted by Gasteiger charge is -2.18. The molecule has 0 unspecified atom stereocenters. The topological polar surface area (TPSA) is 41.6 Å². The van der Waals surface area contributed by atoms with Crippen LogP contribution in [-0.4, -0.2) is 20.1 Å². The van der Waals surface area contributed by atoms with Gasteiger partial charge in [-0.25, -0.2) is 10.4 Å². The van der Waals surface area contributed by atoms with Crippen LogP contribution in [0.3, 0.4) is 0 Å². The summed E-state index contributed by atoms with van der Waals surface area (Å²) in [4.78, 5) is 10.9. The standard InChI is InChI=1S/C12H18N2O2/c1-3-4-8-13-14(10-15)11-6-5-7-12(9-11)16-2/h5-7,9-10,13H,3-4,8H2,1-2H3. The summed E-state index contributed by atoms with van der Waals surface area (Å²) in [7, 11) is 1.61. The number of anilines is 1. The van der Waals surface area contributed by atoms with E-state index < -0.39 is 0 Å². The van der Waals surface area contributed by atoms with Gasteiger partial charge < -0.3 is 4.74 Å². The van der Waals surface area contributed by atoms with E-state index in [-0.39, 0.29) is 0 Å². The first-order valence-electron chi connectivity index (χ1n) is 5.44. The van der Waals surface area contributed by atoms with Crippen LogP contribution in [0.2, 0.25) is 0 Å². The zero-order valence-electron chi connectivity index (χ0n) is 9.77. The number of carbonyl (C=O) groups is 1. The van der Waals surface area contributed by atoms with E-state index in [1.165, 1.54) is 5.01 Å². The fourth-order valence-corrected chi connectivity index (χ4v) is 1.33. The van der Waals surface area contributed by atoms with Crippen LogP contribution in [0.1, 0.15) is 19.8 Å². The number of hydrogen-bond acceptors (Lipinski definition) is 3. The Morgan fingerprint density at radius 2 is 2.31 bits per heavy atom. The highest BCUT2D eigenvalue weighted by Gasteiger charge is 2.04. The smallest absolute Gasteiger partial charge is 0.228 e. The second-order valence-corrected chi connectivity index (χ2v) is 3.44. The number of nitrogens with zero attached hydrogens (tertiary/aromatic N) is 1. The Labute approximate surface area is 96.2 Å². The van der Waals surface area contributed by atoms with Crippen molar-refractivity contribution in [3.8, 4) is 5.75 Å². The van der Waals surface area contributed by atoms with Crippen LogP contribution in [0.25, 0.3) is 0 Å². The molecule has 0 aliphatic rings. The first-order valence-corrected chi connectivity index (χ1v) is 5.44. The van der Waals surface area contributed by atoms with Gasteiger partial charge in [-0.05, 0) is 18.6 Å². The van der Waals surface area contributed by atoms with Gasteiger partial charge in [0.25, 0.3) is 0 Å². The van der Waals surface area contributed by atoms with E-state index in [2.05, 4.69) is 12.3 Å². The van der Waals surface area contributed by atoms with E-state index in [1.807, 2.05) is 24.3 Å². The monoisotopic (exact) mass is 222 g/mol. The van der Waals surface area contributed by atoms with Crippen LogP contribution in [0, 0.1) is 0 Å². The maximum atomic E-state index is 10.9. The predicted molar refractivity (Wildman–Crippen MR) is 64.4 cm³/mol. The maximum absolute atomic E-state index is 10.9. The molecule has 4 heteroatoms. The molecular formula is C12H18N2O2. The van der Waals surface area contributed by atoms with Crippen molar-refractivity contribution in [2.75, 3.05) is 18.7 Å². The molecule has 1 aromatic rings. The van der Waals surface area contributed by atoms with Gasteiger partial charge in [-0.15, -0.1) is 0 Å². The van der Waals surface area contributed by atoms with Crippen LogP contribution in [-0.2, 0) is 4.79 Å². The van der Waals surface area contributed by atoms with Crippen molar-refractivity contribution in [1.82, 2.24) is 5.43 Å². The van der Waals surface area contributed by atoms with Crippen molar-refractivity contribution >= 4 is 12.1 Å². The summed E-state index contributed by atoms with van der Waals surface area (Å²) < 4.78 is 5.10. The molecule has 0 spiro atoms. The molecule has 1 aromatic carbocycles. The molecule has 1 amide bonds. The minimum absolute atomic E-state index is 0.738. The van der Waals surface area contributed by atoms with Gasteiger partial charge in [-0.1, -0.05) is 19.4 Å². The number of hydrazine groups is 1.